The van der Waals surface area contributed by atoms with Crippen LogP contribution in [0.4, 0.5) is 0 Å². The first-order valence-electron chi connectivity index (χ1n) is 5.13. The van der Waals surface area contributed by atoms with Gasteiger partial charge in [0.15, 0.2) is 6.61 Å². The molecule has 90 valence electrons. The van der Waals surface area contributed by atoms with Crippen LogP contribution in [0.15, 0.2) is 24.3 Å². The molecule has 2 N–H and O–H groups in total. The number of benzene rings is 1. The maximum atomic E-state index is 5.83. The third-order valence-electron chi connectivity index (χ3n) is 1.99. The summed E-state index contributed by atoms with van der Waals surface area (Å²) < 4.78 is 5.47. The second kappa shape index (κ2) is 5.60. The Bertz CT molecular complexity index is 487. The third kappa shape index (κ3) is 3.40. The first-order valence-corrected chi connectivity index (χ1v) is 5.51. The Morgan fingerprint density at radius 1 is 1.41 bits per heavy atom. The van der Waals surface area contributed by atoms with E-state index in [0.29, 0.717) is 29.7 Å². The van der Waals surface area contributed by atoms with Gasteiger partial charge in [0.25, 0.3) is 0 Å². The van der Waals surface area contributed by atoms with Crippen molar-refractivity contribution in [3.05, 3.63) is 35.1 Å². The average Bonchev–Trinajstić information content (AvgIpc) is 2.75. The van der Waals surface area contributed by atoms with Crippen LogP contribution >= 0.6 is 11.6 Å². The van der Waals surface area contributed by atoms with Crippen LogP contribution < -0.4 is 10.5 Å². The first kappa shape index (κ1) is 11.8. The number of tetrazole rings is 1. The highest BCUT2D eigenvalue weighted by Crippen LogP contribution is 2.17. The molecule has 7 heteroatoms. The molecule has 0 unspecified atom stereocenters. The van der Waals surface area contributed by atoms with E-state index in [4.69, 9.17) is 22.1 Å². The molecule has 0 aliphatic rings. The lowest BCUT2D eigenvalue weighted by Gasteiger charge is -2.02. The number of nitrogens with zero attached hydrogens (tertiary/aromatic N) is 4. The molecule has 0 fully saturated rings. The van der Waals surface area contributed by atoms with E-state index in [2.05, 4.69) is 15.4 Å². The van der Waals surface area contributed by atoms with Gasteiger partial charge in [-0.25, -0.2) is 0 Å². The maximum Gasteiger partial charge on any atom is 0.212 e. The molecule has 0 spiro atoms. The predicted molar refractivity (Wildman–Crippen MR) is 62.7 cm³/mol. The van der Waals surface area contributed by atoms with Crippen LogP contribution in [0.25, 0.3) is 0 Å². The van der Waals surface area contributed by atoms with Crippen LogP contribution in [0.3, 0.4) is 0 Å². The molecule has 17 heavy (non-hydrogen) atoms. The topological polar surface area (TPSA) is 78.9 Å². The van der Waals surface area contributed by atoms with Gasteiger partial charge in [-0.05, 0) is 23.4 Å². The van der Waals surface area contributed by atoms with E-state index in [1.54, 1.807) is 12.1 Å². The van der Waals surface area contributed by atoms with Crippen molar-refractivity contribution in [3.8, 4) is 5.75 Å². The van der Waals surface area contributed by atoms with E-state index in [1.807, 2.05) is 12.1 Å². The van der Waals surface area contributed by atoms with Crippen LogP contribution in [0.5, 0.6) is 5.75 Å². The summed E-state index contributed by atoms with van der Waals surface area (Å²) in [5.74, 6) is 1.19. The fourth-order valence-corrected chi connectivity index (χ4v) is 1.43. The van der Waals surface area contributed by atoms with Crippen LogP contribution in [-0.2, 0) is 13.2 Å². The van der Waals surface area contributed by atoms with Gasteiger partial charge < -0.3 is 10.5 Å². The minimum absolute atomic E-state index is 0.255. The summed E-state index contributed by atoms with van der Waals surface area (Å²) in [6, 6.07) is 7.14. The molecule has 0 amide bonds. The molecule has 2 rings (SSSR count). The van der Waals surface area contributed by atoms with Crippen molar-refractivity contribution in [2.45, 2.75) is 13.2 Å². The van der Waals surface area contributed by atoms with Gasteiger partial charge in [-0.2, -0.15) is 4.80 Å². The molecule has 1 aromatic carbocycles. The second-order valence-corrected chi connectivity index (χ2v) is 3.77. The van der Waals surface area contributed by atoms with E-state index in [9.17, 15) is 0 Å². The summed E-state index contributed by atoms with van der Waals surface area (Å²) >= 11 is 5.83. The molecule has 0 saturated heterocycles. The smallest absolute Gasteiger partial charge is 0.212 e. The van der Waals surface area contributed by atoms with Gasteiger partial charge in [-0.3, -0.25) is 0 Å². The van der Waals surface area contributed by atoms with Crippen LogP contribution in [0, 0.1) is 0 Å². The zero-order chi connectivity index (χ0) is 12.1. The Labute approximate surface area is 103 Å². The Kier molecular flexibility index (Phi) is 3.89. The molecule has 0 atom stereocenters. The summed E-state index contributed by atoms with van der Waals surface area (Å²) in [5, 5.41) is 12.4. The molecule has 0 aliphatic heterocycles. The lowest BCUT2D eigenvalue weighted by molar-refractivity contribution is 0.295. The lowest BCUT2D eigenvalue weighted by atomic mass is 10.3. The molecular formula is C10H12ClN5O. The van der Waals surface area contributed by atoms with Crippen LogP contribution in [-0.4, -0.2) is 26.8 Å². The van der Waals surface area contributed by atoms with Gasteiger partial charge in [0.1, 0.15) is 5.75 Å². The van der Waals surface area contributed by atoms with Crippen molar-refractivity contribution in [2.75, 3.05) is 6.54 Å². The van der Waals surface area contributed by atoms with Gasteiger partial charge in [-0.1, -0.05) is 17.7 Å². The zero-order valence-electron chi connectivity index (χ0n) is 9.08. The van der Waals surface area contributed by atoms with E-state index < -0.39 is 0 Å². The molecule has 2 aromatic rings. The zero-order valence-corrected chi connectivity index (χ0v) is 9.84. The molecule has 1 heterocycles. The normalized spacial score (nSPS) is 10.5. The summed E-state index contributed by atoms with van der Waals surface area (Å²) in [5.41, 5.74) is 5.38. The van der Waals surface area contributed by atoms with Gasteiger partial charge in [0.2, 0.25) is 5.82 Å². The monoisotopic (exact) mass is 253 g/mol. The number of halogens is 1. The minimum atomic E-state index is 0.255. The SMILES string of the molecule is NCCn1nnc(COc2cccc(Cl)c2)n1. The van der Waals surface area contributed by atoms with Crippen molar-refractivity contribution in [2.24, 2.45) is 5.73 Å². The van der Waals surface area contributed by atoms with Crippen molar-refractivity contribution in [1.29, 1.82) is 0 Å². The number of rotatable bonds is 5. The van der Waals surface area contributed by atoms with Crippen molar-refractivity contribution in [1.82, 2.24) is 20.2 Å². The fourth-order valence-electron chi connectivity index (χ4n) is 1.25. The maximum absolute atomic E-state index is 5.83. The van der Waals surface area contributed by atoms with Gasteiger partial charge in [0.05, 0.1) is 6.54 Å². The number of aromatic nitrogens is 4. The van der Waals surface area contributed by atoms with Crippen molar-refractivity contribution < 1.29 is 4.74 Å². The number of hydrogen-bond acceptors (Lipinski definition) is 5. The average molecular weight is 254 g/mol. The Morgan fingerprint density at radius 3 is 3.06 bits per heavy atom. The summed E-state index contributed by atoms with van der Waals surface area (Å²) in [4.78, 5) is 1.44. The fraction of sp³-hybridized carbons (Fsp3) is 0.300. The van der Waals surface area contributed by atoms with Crippen molar-refractivity contribution >= 4 is 11.6 Å². The number of ether oxygens (including phenoxy) is 1. The van der Waals surface area contributed by atoms with E-state index >= 15 is 0 Å². The van der Waals surface area contributed by atoms with E-state index in [1.165, 1.54) is 4.80 Å². The Hall–Kier alpha value is -1.66. The summed E-state index contributed by atoms with van der Waals surface area (Å²) in [6.07, 6.45) is 0. The van der Waals surface area contributed by atoms with Gasteiger partial charge in [0, 0.05) is 11.6 Å². The first-order chi connectivity index (χ1) is 8.28. The van der Waals surface area contributed by atoms with Crippen LogP contribution in [0.2, 0.25) is 5.02 Å². The lowest BCUT2D eigenvalue weighted by Crippen LogP contribution is -2.12. The highest BCUT2D eigenvalue weighted by atomic mass is 35.5. The second-order valence-electron chi connectivity index (χ2n) is 3.34. The van der Waals surface area contributed by atoms with Crippen LogP contribution in [0.1, 0.15) is 5.82 Å². The Morgan fingerprint density at radius 2 is 2.29 bits per heavy atom. The van der Waals surface area contributed by atoms with Gasteiger partial charge >= 0.3 is 0 Å². The largest absolute Gasteiger partial charge is 0.485 e. The highest BCUT2D eigenvalue weighted by Gasteiger charge is 2.03. The summed E-state index contributed by atoms with van der Waals surface area (Å²) in [7, 11) is 0. The predicted octanol–water partition coefficient (Wildman–Crippen LogP) is 0.864. The molecule has 0 bridgehead atoms. The van der Waals surface area contributed by atoms with E-state index in [-0.39, 0.29) is 6.61 Å². The molecule has 0 aliphatic carbocycles. The number of hydrogen-bond donors (Lipinski definition) is 1. The Balaban J connectivity index is 1.93. The van der Waals surface area contributed by atoms with E-state index in [0.717, 1.165) is 0 Å². The molecule has 0 radical (unpaired) electrons. The molecule has 0 saturated carbocycles. The van der Waals surface area contributed by atoms with Crippen molar-refractivity contribution in [3.63, 3.8) is 0 Å². The summed E-state index contributed by atoms with van der Waals surface area (Å²) in [6.45, 7) is 1.28. The molecule has 1 aromatic heterocycles. The standard InChI is InChI=1S/C10H12ClN5O/c11-8-2-1-3-9(6-8)17-7-10-13-15-16(14-10)5-4-12/h1-3,6H,4-5,7,12H2. The van der Waals surface area contributed by atoms with Gasteiger partial charge in [-0.15, -0.1) is 10.2 Å². The molecular weight excluding hydrogens is 242 g/mol. The minimum Gasteiger partial charge on any atom is -0.485 e. The third-order valence-corrected chi connectivity index (χ3v) is 2.22. The molecule has 6 nitrogen and oxygen atoms in total. The number of nitrogens with two attached hydrogens (primary N) is 1. The highest BCUT2D eigenvalue weighted by molar-refractivity contribution is 6.30. The quantitative estimate of drug-likeness (QED) is 0.855.